The predicted molar refractivity (Wildman–Crippen MR) is 102 cm³/mol. The molecule has 8 heteroatoms. The lowest BCUT2D eigenvalue weighted by Gasteiger charge is -2.16. The summed E-state index contributed by atoms with van der Waals surface area (Å²) in [7, 11) is 0. The summed E-state index contributed by atoms with van der Waals surface area (Å²) < 4.78 is 38.7. The number of aliphatic hydroxyl groups excluding tert-OH is 1. The Labute approximate surface area is 165 Å². The maximum Gasteiger partial charge on any atom is 0.417 e. The lowest BCUT2D eigenvalue weighted by Crippen LogP contribution is -2.14. The molecule has 0 unspecified atom stereocenters. The molecular formula is C20H17ClF3N3O. The van der Waals surface area contributed by atoms with Gasteiger partial charge in [-0.05, 0) is 24.6 Å². The van der Waals surface area contributed by atoms with Crippen LogP contribution in [0.4, 0.5) is 19.0 Å². The van der Waals surface area contributed by atoms with E-state index in [9.17, 15) is 18.3 Å². The first-order valence-electron chi connectivity index (χ1n) is 8.43. The van der Waals surface area contributed by atoms with E-state index in [1.165, 1.54) is 18.5 Å². The molecule has 2 aromatic carbocycles. The van der Waals surface area contributed by atoms with Gasteiger partial charge in [0.25, 0.3) is 0 Å². The van der Waals surface area contributed by atoms with Crippen molar-refractivity contribution in [2.45, 2.75) is 19.2 Å². The fourth-order valence-corrected chi connectivity index (χ4v) is 3.09. The average Bonchev–Trinajstić information content (AvgIpc) is 2.66. The van der Waals surface area contributed by atoms with Crippen LogP contribution in [-0.2, 0) is 6.18 Å². The second kappa shape index (κ2) is 8.16. The van der Waals surface area contributed by atoms with Gasteiger partial charge in [-0.25, -0.2) is 9.97 Å². The highest BCUT2D eigenvalue weighted by molar-refractivity contribution is 6.31. The van der Waals surface area contributed by atoms with Crippen molar-refractivity contribution < 1.29 is 18.3 Å². The number of rotatable bonds is 5. The van der Waals surface area contributed by atoms with E-state index in [0.29, 0.717) is 22.6 Å². The van der Waals surface area contributed by atoms with Crippen LogP contribution < -0.4 is 5.32 Å². The molecule has 3 rings (SSSR count). The van der Waals surface area contributed by atoms with Gasteiger partial charge in [0, 0.05) is 17.7 Å². The first-order valence-corrected chi connectivity index (χ1v) is 8.80. The Morgan fingerprint density at radius 3 is 2.46 bits per heavy atom. The number of benzene rings is 2. The number of anilines is 1. The van der Waals surface area contributed by atoms with Crippen LogP contribution in [0.3, 0.4) is 0 Å². The van der Waals surface area contributed by atoms with Gasteiger partial charge in [-0.2, -0.15) is 13.2 Å². The van der Waals surface area contributed by atoms with Gasteiger partial charge in [0.1, 0.15) is 12.1 Å². The van der Waals surface area contributed by atoms with Gasteiger partial charge in [-0.3, -0.25) is 0 Å². The van der Waals surface area contributed by atoms with E-state index < -0.39 is 22.9 Å². The summed E-state index contributed by atoms with van der Waals surface area (Å²) in [5.74, 6) is 0.482. The monoisotopic (exact) mass is 407 g/mol. The normalized spacial score (nSPS) is 12.6. The van der Waals surface area contributed by atoms with Crippen LogP contribution in [0.25, 0.3) is 11.3 Å². The van der Waals surface area contributed by atoms with Crippen LogP contribution in [0.2, 0.25) is 5.02 Å². The SMILES string of the molecule is Cc1c(NC[C@H](O)c2ccccc2)ncnc1-c1ccc(C(F)(F)F)c(Cl)c1. The van der Waals surface area contributed by atoms with Crippen molar-refractivity contribution in [3.05, 3.63) is 76.6 Å². The van der Waals surface area contributed by atoms with Gasteiger partial charge in [0.15, 0.2) is 0 Å². The highest BCUT2D eigenvalue weighted by atomic mass is 35.5. The summed E-state index contributed by atoms with van der Waals surface area (Å²) in [6.45, 7) is 1.97. The number of nitrogens with one attached hydrogen (secondary N) is 1. The molecule has 146 valence electrons. The second-order valence-corrected chi connectivity index (χ2v) is 6.60. The molecule has 0 aliphatic carbocycles. The van der Waals surface area contributed by atoms with E-state index in [1.54, 1.807) is 6.92 Å². The quantitative estimate of drug-likeness (QED) is 0.605. The maximum atomic E-state index is 12.9. The molecule has 1 heterocycles. The van der Waals surface area contributed by atoms with E-state index >= 15 is 0 Å². The van der Waals surface area contributed by atoms with Crippen LogP contribution in [0.1, 0.15) is 22.8 Å². The number of alkyl halides is 3. The fourth-order valence-electron chi connectivity index (χ4n) is 2.80. The molecule has 1 atom stereocenters. The molecule has 0 amide bonds. The molecule has 0 aliphatic rings. The molecule has 0 fully saturated rings. The second-order valence-electron chi connectivity index (χ2n) is 6.20. The Morgan fingerprint density at radius 1 is 1.11 bits per heavy atom. The van der Waals surface area contributed by atoms with Crippen molar-refractivity contribution in [1.29, 1.82) is 0 Å². The first-order chi connectivity index (χ1) is 13.3. The number of hydrogen-bond donors (Lipinski definition) is 2. The van der Waals surface area contributed by atoms with Gasteiger partial charge < -0.3 is 10.4 Å². The van der Waals surface area contributed by atoms with Crippen molar-refractivity contribution in [3.8, 4) is 11.3 Å². The molecular weight excluding hydrogens is 391 g/mol. The molecule has 2 N–H and O–H groups in total. The summed E-state index contributed by atoms with van der Waals surface area (Å²) in [6, 6.07) is 12.7. The van der Waals surface area contributed by atoms with E-state index in [-0.39, 0.29) is 6.54 Å². The molecule has 0 saturated carbocycles. The first kappa shape index (κ1) is 20.1. The number of aromatic nitrogens is 2. The lowest BCUT2D eigenvalue weighted by atomic mass is 10.0. The van der Waals surface area contributed by atoms with E-state index in [0.717, 1.165) is 11.6 Å². The number of aliphatic hydroxyl groups is 1. The summed E-state index contributed by atoms with van der Waals surface area (Å²) in [5.41, 5.74) is 1.41. The van der Waals surface area contributed by atoms with Crippen molar-refractivity contribution in [3.63, 3.8) is 0 Å². The minimum atomic E-state index is -4.52. The Morgan fingerprint density at radius 2 is 1.82 bits per heavy atom. The minimum Gasteiger partial charge on any atom is -0.387 e. The summed E-state index contributed by atoms with van der Waals surface area (Å²) >= 11 is 5.81. The van der Waals surface area contributed by atoms with Crippen LogP contribution in [0, 0.1) is 6.92 Å². The molecule has 3 aromatic rings. The van der Waals surface area contributed by atoms with Crippen LogP contribution in [-0.4, -0.2) is 21.6 Å². The van der Waals surface area contributed by atoms with Crippen LogP contribution in [0.5, 0.6) is 0 Å². The third kappa shape index (κ3) is 4.43. The molecule has 0 aliphatic heterocycles. The fraction of sp³-hybridized carbons (Fsp3) is 0.200. The highest BCUT2D eigenvalue weighted by Crippen LogP contribution is 2.37. The Bertz CT molecular complexity index is 965. The molecule has 1 aromatic heterocycles. The molecule has 0 saturated heterocycles. The van der Waals surface area contributed by atoms with Crippen LogP contribution in [0.15, 0.2) is 54.9 Å². The molecule has 0 radical (unpaired) electrons. The average molecular weight is 408 g/mol. The molecule has 4 nitrogen and oxygen atoms in total. The zero-order valence-corrected chi connectivity index (χ0v) is 15.6. The summed E-state index contributed by atoms with van der Waals surface area (Å²) in [6.07, 6.45) is -3.94. The Hall–Kier alpha value is -2.64. The van der Waals surface area contributed by atoms with E-state index in [1.807, 2.05) is 30.3 Å². The summed E-state index contributed by atoms with van der Waals surface area (Å²) in [4.78, 5) is 8.34. The standard InChI is InChI=1S/C20H17ClF3N3O/c1-12-18(14-7-8-15(16(21)9-14)20(22,23)24)26-11-27-19(12)25-10-17(28)13-5-3-2-4-6-13/h2-9,11,17,28H,10H2,1H3,(H,25,26,27)/t17-/m0/s1. The van der Waals surface area contributed by atoms with Crippen molar-refractivity contribution in [2.75, 3.05) is 11.9 Å². The van der Waals surface area contributed by atoms with Gasteiger partial charge in [0.2, 0.25) is 0 Å². The maximum absolute atomic E-state index is 12.9. The third-order valence-electron chi connectivity index (χ3n) is 4.28. The number of nitrogens with zero attached hydrogens (tertiary/aromatic N) is 2. The van der Waals surface area contributed by atoms with Gasteiger partial charge in [0.05, 0.1) is 22.4 Å². The zero-order valence-electron chi connectivity index (χ0n) is 14.8. The number of hydrogen-bond acceptors (Lipinski definition) is 4. The predicted octanol–water partition coefficient (Wildman–Crippen LogP) is 5.27. The Kier molecular flexibility index (Phi) is 5.86. The van der Waals surface area contributed by atoms with Crippen molar-refractivity contribution in [2.24, 2.45) is 0 Å². The molecule has 0 spiro atoms. The molecule has 28 heavy (non-hydrogen) atoms. The zero-order chi connectivity index (χ0) is 20.3. The largest absolute Gasteiger partial charge is 0.417 e. The van der Waals surface area contributed by atoms with E-state index in [2.05, 4.69) is 15.3 Å². The van der Waals surface area contributed by atoms with Gasteiger partial charge in [-0.15, -0.1) is 0 Å². The topological polar surface area (TPSA) is 58.0 Å². The highest BCUT2D eigenvalue weighted by Gasteiger charge is 2.33. The van der Waals surface area contributed by atoms with Gasteiger partial charge >= 0.3 is 6.18 Å². The number of halogens is 4. The van der Waals surface area contributed by atoms with Crippen LogP contribution >= 0.6 is 11.6 Å². The van der Waals surface area contributed by atoms with Crippen molar-refractivity contribution in [1.82, 2.24) is 9.97 Å². The smallest absolute Gasteiger partial charge is 0.387 e. The summed E-state index contributed by atoms with van der Waals surface area (Å²) in [5, 5.41) is 12.9. The van der Waals surface area contributed by atoms with Crippen molar-refractivity contribution >= 4 is 17.4 Å². The van der Waals surface area contributed by atoms with E-state index in [4.69, 9.17) is 11.6 Å². The third-order valence-corrected chi connectivity index (χ3v) is 4.59. The minimum absolute atomic E-state index is 0.217. The lowest BCUT2D eigenvalue weighted by molar-refractivity contribution is -0.137. The van der Waals surface area contributed by atoms with Gasteiger partial charge in [-0.1, -0.05) is 48.0 Å². The molecule has 0 bridgehead atoms. The Balaban J connectivity index is 1.82.